The summed E-state index contributed by atoms with van der Waals surface area (Å²) >= 11 is 1.50. The second-order valence-electron chi connectivity index (χ2n) is 5.38. The molecule has 114 valence electrons. The molecule has 2 N–H and O–H groups in total. The third-order valence-corrected chi connectivity index (χ3v) is 5.28. The van der Waals surface area contributed by atoms with E-state index in [0.29, 0.717) is 11.7 Å². The maximum absolute atomic E-state index is 12.3. The van der Waals surface area contributed by atoms with Crippen molar-refractivity contribution in [1.29, 1.82) is 0 Å². The second kappa shape index (κ2) is 6.67. The largest absolute Gasteiger partial charge is 0.480 e. The Labute approximate surface area is 123 Å². The Hall–Kier alpha value is -0.950. The summed E-state index contributed by atoms with van der Waals surface area (Å²) in [5.41, 5.74) is 0. The molecule has 3 unspecified atom stereocenters. The molecule has 0 aromatic rings. The predicted molar refractivity (Wildman–Crippen MR) is 76.7 cm³/mol. The summed E-state index contributed by atoms with van der Waals surface area (Å²) in [4.78, 5) is 25.0. The lowest BCUT2D eigenvalue weighted by Gasteiger charge is -2.32. The minimum atomic E-state index is -0.935. The number of hydrogen-bond donors (Lipinski definition) is 2. The number of hydrogen-bond acceptors (Lipinski definition) is 4. The van der Waals surface area contributed by atoms with Crippen molar-refractivity contribution < 1.29 is 19.4 Å². The number of thioether (sulfide) groups is 1. The van der Waals surface area contributed by atoms with Gasteiger partial charge < -0.3 is 15.2 Å². The number of amides is 2. The lowest BCUT2D eigenvalue weighted by atomic mass is 9.93. The highest BCUT2D eigenvalue weighted by molar-refractivity contribution is 8.00. The standard InChI is InChI=1S/C13H22N2O4S/c1-8(10-3-5-19-6-4-10)14-13(18)15-9(2)20-7-11(15)12(16)17/h8-11H,3-7H2,1-2H3,(H,14,18)(H,16,17). The van der Waals surface area contributed by atoms with E-state index >= 15 is 0 Å². The minimum absolute atomic E-state index is 0.0404. The van der Waals surface area contributed by atoms with E-state index in [9.17, 15) is 14.7 Å². The molecule has 2 rings (SSSR count). The van der Waals surface area contributed by atoms with Gasteiger partial charge in [-0.25, -0.2) is 9.59 Å². The molecule has 7 heteroatoms. The molecule has 0 aliphatic carbocycles. The Balaban J connectivity index is 1.94. The summed E-state index contributed by atoms with van der Waals surface area (Å²) in [6.45, 7) is 5.32. The Bertz CT molecular complexity index is 373. The highest BCUT2D eigenvalue weighted by Gasteiger charge is 2.40. The quantitative estimate of drug-likeness (QED) is 0.823. The van der Waals surface area contributed by atoms with Crippen molar-refractivity contribution in [3.8, 4) is 0 Å². The zero-order valence-corrected chi connectivity index (χ0v) is 12.7. The number of carbonyl (C=O) groups excluding carboxylic acids is 1. The molecule has 0 radical (unpaired) electrons. The van der Waals surface area contributed by atoms with E-state index in [1.165, 1.54) is 16.7 Å². The Morgan fingerprint density at radius 1 is 1.40 bits per heavy atom. The van der Waals surface area contributed by atoms with Gasteiger partial charge in [-0.3, -0.25) is 4.90 Å². The van der Waals surface area contributed by atoms with Crippen molar-refractivity contribution >= 4 is 23.8 Å². The van der Waals surface area contributed by atoms with Gasteiger partial charge in [0, 0.05) is 25.0 Å². The Kier molecular flexibility index (Phi) is 5.15. The van der Waals surface area contributed by atoms with Crippen LogP contribution in [0.1, 0.15) is 26.7 Å². The van der Waals surface area contributed by atoms with Gasteiger partial charge in [0.2, 0.25) is 0 Å². The van der Waals surface area contributed by atoms with Gasteiger partial charge >= 0.3 is 12.0 Å². The molecule has 20 heavy (non-hydrogen) atoms. The summed E-state index contributed by atoms with van der Waals surface area (Å²) in [7, 11) is 0. The monoisotopic (exact) mass is 302 g/mol. The summed E-state index contributed by atoms with van der Waals surface area (Å²) in [6.07, 6.45) is 1.88. The zero-order chi connectivity index (χ0) is 14.7. The van der Waals surface area contributed by atoms with Gasteiger partial charge in [-0.2, -0.15) is 0 Å². The van der Waals surface area contributed by atoms with Crippen LogP contribution in [0.2, 0.25) is 0 Å². The molecule has 0 bridgehead atoms. The first kappa shape index (κ1) is 15.4. The van der Waals surface area contributed by atoms with Crippen LogP contribution in [-0.2, 0) is 9.53 Å². The van der Waals surface area contributed by atoms with E-state index in [2.05, 4.69) is 5.32 Å². The first-order valence-electron chi connectivity index (χ1n) is 7.01. The molecule has 2 aliphatic rings. The van der Waals surface area contributed by atoms with Crippen LogP contribution in [0.3, 0.4) is 0 Å². The van der Waals surface area contributed by atoms with Gasteiger partial charge in [-0.15, -0.1) is 11.8 Å². The first-order valence-corrected chi connectivity index (χ1v) is 8.06. The van der Waals surface area contributed by atoms with Crippen LogP contribution in [0.25, 0.3) is 0 Å². The van der Waals surface area contributed by atoms with E-state index in [1.54, 1.807) is 0 Å². The number of urea groups is 1. The SMILES string of the molecule is CC(NC(=O)N1C(C)SCC1C(=O)O)C1CCOCC1. The van der Waals surface area contributed by atoms with Gasteiger partial charge in [-0.1, -0.05) is 0 Å². The molecule has 2 aliphatic heterocycles. The zero-order valence-electron chi connectivity index (χ0n) is 11.9. The summed E-state index contributed by atoms with van der Waals surface area (Å²) in [5, 5.41) is 12.0. The van der Waals surface area contributed by atoms with Crippen LogP contribution < -0.4 is 5.32 Å². The number of nitrogens with zero attached hydrogens (tertiary/aromatic N) is 1. The number of carbonyl (C=O) groups is 2. The molecular formula is C13H22N2O4S. The molecule has 0 aromatic heterocycles. The fourth-order valence-corrected chi connectivity index (χ4v) is 3.91. The average molecular weight is 302 g/mol. The van der Waals surface area contributed by atoms with E-state index in [0.717, 1.165) is 26.1 Å². The fourth-order valence-electron chi connectivity index (χ4n) is 2.74. The number of carboxylic acid groups (broad SMARTS) is 1. The van der Waals surface area contributed by atoms with Crippen LogP contribution in [0.15, 0.2) is 0 Å². The van der Waals surface area contributed by atoms with Crippen LogP contribution in [-0.4, -0.2) is 58.4 Å². The van der Waals surface area contributed by atoms with Gasteiger partial charge in [-0.05, 0) is 32.6 Å². The third-order valence-electron chi connectivity index (χ3n) is 4.07. The number of ether oxygens (including phenoxy) is 1. The fraction of sp³-hybridized carbons (Fsp3) is 0.846. The summed E-state index contributed by atoms with van der Waals surface area (Å²) in [6, 6.07) is -0.954. The van der Waals surface area contributed by atoms with Gasteiger partial charge in [0.05, 0.1) is 5.37 Å². The molecule has 3 atom stereocenters. The molecule has 0 aromatic carbocycles. The van der Waals surface area contributed by atoms with E-state index < -0.39 is 12.0 Å². The molecule has 0 spiro atoms. The normalized spacial score (nSPS) is 29.2. The topological polar surface area (TPSA) is 78.9 Å². The molecule has 2 saturated heterocycles. The lowest BCUT2D eigenvalue weighted by Crippen LogP contribution is -2.53. The Morgan fingerprint density at radius 3 is 2.65 bits per heavy atom. The van der Waals surface area contributed by atoms with Crippen LogP contribution >= 0.6 is 11.8 Å². The minimum Gasteiger partial charge on any atom is -0.480 e. The number of aliphatic carboxylic acids is 1. The number of nitrogens with one attached hydrogen (secondary N) is 1. The van der Waals surface area contributed by atoms with Crippen LogP contribution in [0.5, 0.6) is 0 Å². The third kappa shape index (κ3) is 3.38. The van der Waals surface area contributed by atoms with Crippen LogP contribution in [0, 0.1) is 5.92 Å². The van der Waals surface area contributed by atoms with Crippen molar-refractivity contribution in [2.75, 3.05) is 19.0 Å². The van der Waals surface area contributed by atoms with E-state index in [-0.39, 0.29) is 17.4 Å². The maximum Gasteiger partial charge on any atom is 0.327 e. The molecule has 2 amide bonds. The number of carboxylic acids is 1. The lowest BCUT2D eigenvalue weighted by molar-refractivity contribution is -0.141. The molecule has 2 fully saturated rings. The van der Waals surface area contributed by atoms with Crippen molar-refractivity contribution in [3.05, 3.63) is 0 Å². The second-order valence-corrected chi connectivity index (χ2v) is 6.73. The van der Waals surface area contributed by atoms with E-state index in [1.807, 2.05) is 13.8 Å². The number of rotatable bonds is 3. The molecule has 6 nitrogen and oxygen atoms in total. The Morgan fingerprint density at radius 2 is 2.05 bits per heavy atom. The highest BCUT2D eigenvalue weighted by Crippen LogP contribution is 2.29. The van der Waals surface area contributed by atoms with Crippen molar-refractivity contribution in [2.24, 2.45) is 5.92 Å². The maximum atomic E-state index is 12.3. The molecule has 2 heterocycles. The first-order chi connectivity index (χ1) is 9.50. The summed E-state index contributed by atoms with van der Waals surface area (Å²) in [5.74, 6) is -0.0764. The smallest absolute Gasteiger partial charge is 0.327 e. The van der Waals surface area contributed by atoms with Crippen molar-refractivity contribution in [3.63, 3.8) is 0 Å². The van der Waals surface area contributed by atoms with Crippen molar-refractivity contribution in [1.82, 2.24) is 10.2 Å². The predicted octanol–water partition coefficient (Wildman–Crippen LogP) is 1.36. The van der Waals surface area contributed by atoms with Gasteiger partial charge in [0.1, 0.15) is 6.04 Å². The average Bonchev–Trinajstić information content (AvgIpc) is 2.81. The van der Waals surface area contributed by atoms with Gasteiger partial charge in [0.15, 0.2) is 0 Å². The highest BCUT2D eigenvalue weighted by atomic mass is 32.2. The van der Waals surface area contributed by atoms with Crippen molar-refractivity contribution in [2.45, 2.75) is 44.1 Å². The van der Waals surface area contributed by atoms with Gasteiger partial charge in [0.25, 0.3) is 0 Å². The van der Waals surface area contributed by atoms with E-state index in [4.69, 9.17) is 4.74 Å². The summed E-state index contributed by atoms with van der Waals surface area (Å²) < 4.78 is 5.32. The molecule has 0 saturated carbocycles. The molecular weight excluding hydrogens is 280 g/mol. The van der Waals surface area contributed by atoms with Crippen LogP contribution in [0.4, 0.5) is 4.79 Å².